The van der Waals surface area contributed by atoms with Crippen LogP contribution in [0.5, 0.6) is 5.75 Å². The van der Waals surface area contributed by atoms with Crippen molar-refractivity contribution in [3.8, 4) is 5.75 Å². The first-order valence-electron chi connectivity index (χ1n) is 11.3. The summed E-state index contributed by atoms with van der Waals surface area (Å²) in [6, 6.07) is 16.4. The predicted octanol–water partition coefficient (Wildman–Crippen LogP) is 4.46. The van der Waals surface area contributed by atoms with Crippen molar-refractivity contribution < 1.29 is 23.9 Å². The second kappa shape index (κ2) is 11.0. The number of fused-ring (bicyclic) bond motifs is 1. The summed E-state index contributed by atoms with van der Waals surface area (Å²) in [5.74, 6) is -1.16. The van der Waals surface area contributed by atoms with Crippen LogP contribution in [-0.4, -0.2) is 31.5 Å². The van der Waals surface area contributed by atoms with Crippen molar-refractivity contribution in [2.45, 2.75) is 25.7 Å². The number of nitrogens with one attached hydrogen (secondary N) is 1. The first kappa shape index (κ1) is 24.2. The van der Waals surface area contributed by atoms with Crippen LogP contribution in [0.1, 0.15) is 44.8 Å². The summed E-state index contributed by atoms with van der Waals surface area (Å²) in [6.07, 6.45) is 5.32. The molecule has 1 heterocycles. The van der Waals surface area contributed by atoms with E-state index < -0.39 is 24.4 Å². The van der Waals surface area contributed by atoms with Crippen LogP contribution in [0.2, 0.25) is 0 Å². The zero-order valence-electron chi connectivity index (χ0n) is 19.3. The molecule has 7 nitrogen and oxygen atoms in total. The van der Waals surface area contributed by atoms with E-state index in [1.165, 1.54) is 11.3 Å². The third-order valence-electron chi connectivity index (χ3n) is 5.75. The van der Waals surface area contributed by atoms with E-state index in [-0.39, 0.29) is 5.57 Å². The number of hydrogen-bond acceptors (Lipinski definition) is 6. The van der Waals surface area contributed by atoms with Gasteiger partial charge in [0.05, 0.1) is 18.2 Å². The minimum atomic E-state index is -0.655. The average Bonchev–Trinajstić information content (AvgIpc) is 3.24. The lowest BCUT2D eigenvalue weighted by molar-refractivity contribution is -0.141. The van der Waals surface area contributed by atoms with Gasteiger partial charge < -0.3 is 20.5 Å². The molecule has 4 rings (SSSR count). The van der Waals surface area contributed by atoms with E-state index in [0.29, 0.717) is 27.4 Å². The van der Waals surface area contributed by atoms with Crippen molar-refractivity contribution in [1.82, 2.24) is 0 Å². The number of nitrogens with two attached hydrogens (primary N) is 1. The largest absolute Gasteiger partial charge is 0.496 e. The molecule has 0 saturated heterocycles. The molecule has 1 aliphatic rings. The normalized spacial score (nSPS) is 13.0. The molecule has 0 radical (unpaired) electrons. The molecular formula is C27H26N2O5S. The van der Waals surface area contributed by atoms with Gasteiger partial charge in [-0.15, -0.1) is 11.3 Å². The van der Waals surface area contributed by atoms with Crippen LogP contribution in [0, 0.1) is 0 Å². The van der Waals surface area contributed by atoms with Gasteiger partial charge in [0.1, 0.15) is 10.8 Å². The number of esters is 1. The Kier molecular flexibility index (Phi) is 7.62. The molecule has 2 amide bonds. The number of benzene rings is 2. The van der Waals surface area contributed by atoms with Crippen LogP contribution < -0.4 is 15.8 Å². The van der Waals surface area contributed by atoms with E-state index >= 15 is 0 Å². The molecule has 180 valence electrons. The Balaban J connectivity index is 1.52. The van der Waals surface area contributed by atoms with Crippen molar-refractivity contribution in [2.75, 3.05) is 19.0 Å². The van der Waals surface area contributed by atoms with Crippen LogP contribution in [-0.2, 0) is 27.2 Å². The van der Waals surface area contributed by atoms with Gasteiger partial charge in [0.2, 0.25) is 0 Å². The van der Waals surface area contributed by atoms with Crippen molar-refractivity contribution in [3.05, 3.63) is 81.7 Å². The number of amides is 2. The third-order valence-corrected chi connectivity index (χ3v) is 6.96. The minimum Gasteiger partial charge on any atom is -0.496 e. The van der Waals surface area contributed by atoms with E-state index in [4.69, 9.17) is 15.2 Å². The Labute approximate surface area is 207 Å². The molecule has 0 bridgehead atoms. The van der Waals surface area contributed by atoms with Gasteiger partial charge in [-0.1, -0.05) is 48.5 Å². The topological polar surface area (TPSA) is 108 Å². The Bertz CT molecular complexity index is 1280. The highest BCUT2D eigenvalue weighted by molar-refractivity contribution is 7.17. The fourth-order valence-corrected chi connectivity index (χ4v) is 5.42. The van der Waals surface area contributed by atoms with Crippen LogP contribution in [0.15, 0.2) is 54.6 Å². The average molecular weight is 491 g/mol. The first-order valence-corrected chi connectivity index (χ1v) is 12.1. The number of thiophene rings is 1. The number of hydrogen-bond donors (Lipinski definition) is 2. The number of ether oxygens (including phenoxy) is 2. The van der Waals surface area contributed by atoms with Crippen molar-refractivity contribution in [1.29, 1.82) is 0 Å². The molecule has 1 aromatic heterocycles. The fraction of sp³-hybridized carbons (Fsp3) is 0.222. The molecule has 3 aromatic rings. The van der Waals surface area contributed by atoms with Gasteiger partial charge >= 0.3 is 5.97 Å². The minimum absolute atomic E-state index is 0.285. The van der Waals surface area contributed by atoms with Crippen LogP contribution in [0.25, 0.3) is 11.6 Å². The van der Waals surface area contributed by atoms with E-state index in [1.54, 1.807) is 31.4 Å². The Morgan fingerprint density at radius 1 is 1.03 bits per heavy atom. The molecule has 8 heteroatoms. The van der Waals surface area contributed by atoms with Crippen molar-refractivity contribution >= 4 is 45.8 Å². The van der Waals surface area contributed by atoms with E-state index in [2.05, 4.69) is 5.32 Å². The molecule has 0 saturated carbocycles. The highest BCUT2D eigenvalue weighted by atomic mass is 32.1. The van der Waals surface area contributed by atoms with Gasteiger partial charge in [-0.3, -0.25) is 9.59 Å². The molecular weight excluding hydrogens is 464 g/mol. The summed E-state index contributed by atoms with van der Waals surface area (Å²) in [6.45, 7) is -0.504. The number of para-hydroxylation sites is 1. The highest BCUT2D eigenvalue weighted by Crippen LogP contribution is 2.37. The van der Waals surface area contributed by atoms with E-state index in [1.807, 2.05) is 36.4 Å². The lowest BCUT2D eigenvalue weighted by atomic mass is 9.95. The van der Waals surface area contributed by atoms with Gasteiger partial charge in [0, 0.05) is 10.4 Å². The second-order valence-electron chi connectivity index (χ2n) is 8.07. The number of carbonyl (C=O) groups is 3. The van der Waals surface area contributed by atoms with Crippen LogP contribution >= 0.6 is 11.3 Å². The molecule has 0 unspecified atom stereocenters. The molecule has 3 N–H and O–H groups in total. The Morgan fingerprint density at radius 2 is 1.74 bits per heavy atom. The maximum Gasteiger partial charge on any atom is 0.339 e. The summed E-state index contributed by atoms with van der Waals surface area (Å²) in [5.41, 5.74) is 8.51. The lowest BCUT2D eigenvalue weighted by Gasteiger charge is -2.11. The molecule has 0 aliphatic heterocycles. The van der Waals surface area contributed by atoms with Crippen molar-refractivity contribution in [2.24, 2.45) is 5.73 Å². The number of rotatable bonds is 8. The highest BCUT2D eigenvalue weighted by Gasteiger charge is 2.25. The predicted molar refractivity (Wildman–Crippen MR) is 136 cm³/mol. The summed E-state index contributed by atoms with van der Waals surface area (Å²) in [4.78, 5) is 38.8. The zero-order valence-corrected chi connectivity index (χ0v) is 20.2. The smallest absolute Gasteiger partial charge is 0.339 e. The monoisotopic (exact) mass is 490 g/mol. The molecule has 0 atom stereocenters. The fourth-order valence-electron chi connectivity index (χ4n) is 4.11. The number of aryl methyl sites for hydroxylation is 1. The standard InChI is InChI=1S/C27H26N2O5S/c1-33-21-13-7-5-11-18(21)15-20(17-9-3-2-4-10-17)27(32)34-16-23(30)29-26-24(25(28)31)19-12-6-8-14-22(19)35-26/h2-5,7,9-11,13,15H,6,8,12,14,16H2,1H3,(H2,28,31)(H,29,30)/b20-15+. The van der Waals surface area contributed by atoms with Gasteiger partial charge in [-0.2, -0.15) is 0 Å². The Hall–Kier alpha value is -3.91. The Morgan fingerprint density at radius 3 is 2.49 bits per heavy atom. The molecule has 0 fully saturated rings. The van der Waals surface area contributed by atoms with E-state index in [0.717, 1.165) is 36.1 Å². The number of carbonyl (C=O) groups excluding carboxylic acids is 3. The molecule has 1 aliphatic carbocycles. The summed E-state index contributed by atoms with van der Waals surface area (Å²) in [7, 11) is 1.56. The summed E-state index contributed by atoms with van der Waals surface area (Å²) < 4.78 is 10.8. The summed E-state index contributed by atoms with van der Waals surface area (Å²) >= 11 is 1.36. The van der Waals surface area contributed by atoms with Crippen LogP contribution in [0.4, 0.5) is 5.00 Å². The lowest BCUT2D eigenvalue weighted by Crippen LogP contribution is -2.23. The zero-order chi connectivity index (χ0) is 24.8. The number of methoxy groups -OCH3 is 1. The first-order chi connectivity index (χ1) is 17.0. The molecule has 2 aromatic carbocycles. The molecule has 0 spiro atoms. The van der Waals surface area contributed by atoms with Gasteiger partial charge in [-0.05, 0) is 49.0 Å². The summed E-state index contributed by atoms with van der Waals surface area (Å²) in [5, 5.41) is 3.13. The van der Waals surface area contributed by atoms with Gasteiger partial charge in [-0.25, -0.2) is 4.79 Å². The number of anilines is 1. The van der Waals surface area contributed by atoms with Crippen molar-refractivity contribution in [3.63, 3.8) is 0 Å². The van der Waals surface area contributed by atoms with Gasteiger partial charge in [0.15, 0.2) is 6.61 Å². The van der Waals surface area contributed by atoms with E-state index in [9.17, 15) is 14.4 Å². The third kappa shape index (κ3) is 5.60. The second-order valence-corrected chi connectivity index (χ2v) is 9.17. The maximum absolute atomic E-state index is 13.1. The quantitative estimate of drug-likeness (QED) is 0.275. The van der Waals surface area contributed by atoms with Gasteiger partial charge in [0.25, 0.3) is 11.8 Å². The maximum atomic E-state index is 13.1. The number of primary amides is 1. The SMILES string of the molecule is COc1ccccc1/C=C(/C(=O)OCC(=O)Nc1sc2c(c1C(N)=O)CCCC2)c1ccccc1. The molecule has 35 heavy (non-hydrogen) atoms. The van der Waals surface area contributed by atoms with Crippen LogP contribution in [0.3, 0.4) is 0 Å².